The Morgan fingerprint density at radius 1 is 1.03 bits per heavy atom. The molecular weight excluding hydrogens is 442 g/mol. The van der Waals surface area contributed by atoms with Gasteiger partial charge in [-0.25, -0.2) is 4.79 Å². The maximum atomic E-state index is 13.1. The summed E-state index contributed by atoms with van der Waals surface area (Å²) in [6.07, 6.45) is 0.824. The summed E-state index contributed by atoms with van der Waals surface area (Å²) in [6.45, 7) is 2.43. The molecule has 4 rings (SSSR count). The van der Waals surface area contributed by atoms with Gasteiger partial charge in [-0.15, -0.1) is 0 Å². The van der Waals surface area contributed by atoms with Crippen LogP contribution in [0.25, 0.3) is 0 Å². The minimum atomic E-state index is -0.284. The number of para-hydroxylation sites is 1. The van der Waals surface area contributed by atoms with E-state index in [9.17, 15) is 9.59 Å². The Kier molecular flexibility index (Phi) is 5.86. The second kappa shape index (κ2) is 8.71. The topological polar surface area (TPSA) is 61.4 Å². The van der Waals surface area contributed by atoms with Gasteiger partial charge >= 0.3 is 6.03 Å². The number of anilines is 2. The van der Waals surface area contributed by atoms with Crippen LogP contribution in [0.5, 0.6) is 0 Å². The van der Waals surface area contributed by atoms with Crippen molar-refractivity contribution in [3.8, 4) is 0 Å². The monoisotopic (exact) mass is 463 g/mol. The Bertz CT molecular complexity index is 1080. The number of carbonyl (C=O) groups excluding carboxylic acids is 2. The Labute approximate surface area is 184 Å². The fourth-order valence-electron chi connectivity index (χ4n) is 3.70. The number of carbonyl (C=O) groups is 2. The summed E-state index contributed by atoms with van der Waals surface area (Å²) in [4.78, 5) is 27.2. The van der Waals surface area contributed by atoms with Gasteiger partial charge in [0.2, 0.25) is 0 Å². The molecule has 3 amide bonds. The van der Waals surface area contributed by atoms with Crippen molar-refractivity contribution >= 4 is 39.2 Å². The van der Waals surface area contributed by atoms with Gasteiger partial charge < -0.3 is 15.5 Å². The van der Waals surface area contributed by atoms with Gasteiger partial charge in [0.1, 0.15) is 0 Å². The van der Waals surface area contributed by atoms with Crippen LogP contribution in [-0.4, -0.2) is 18.0 Å². The Morgan fingerprint density at radius 2 is 1.77 bits per heavy atom. The van der Waals surface area contributed by atoms with Crippen molar-refractivity contribution in [3.05, 3.63) is 94.0 Å². The predicted molar refractivity (Wildman–Crippen MR) is 123 cm³/mol. The first kappa shape index (κ1) is 20.2. The smallest absolute Gasteiger partial charge is 0.319 e. The molecule has 0 aromatic heterocycles. The molecule has 0 radical (unpaired) electrons. The maximum Gasteiger partial charge on any atom is 0.319 e. The average Bonchev–Trinajstić information content (AvgIpc) is 3.09. The molecule has 0 fully saturated rings. The lowest BCUT2D eigenvalue weighted by atomic mass is 10.1. The van der Waals surface area contributed by atoms with Gasteiger partial charge in [-0.05, 0) is 70.7 Å². The summed E-state index contributed by atoms with van der Waals surface area (Å²) < 4.78 is 0.821. The number of nitrogens with zero attached hydrogens (tertiary/aromatic N) is 1. The molecule has 0 bridgehead atoms. The third kappa shape index (κ3) is 4.24. The van der Waals surface area contributed by atoms with E-state index in [1.54, 1.807) is 0 Å². The molecule has 152 valence electrons. The van der Waals surface area contributed by atoms with E-state index in [1.807, 2.05) is 77.7 Å². The highest BCUT2D eigenvalue weighted by Gasteiger charge is 2.31. The first-order valence-electron chi connectivity index (χ1n) is 9.82. The third-order valence-corrected chi connectivity index (χ3v) is 5.87. The molecule has 5 nitrogen and oxygen atoms in total. The van der Waals surface area contributed by atoms with Crippen LogP contribution < -0.4 is 15.5 Å². The maximum absolute atomic E-state index is 13.1. The van der Waals surface area contributed by atoms with Crippen LogP contribution in [0.15, 0.2) is 77.3 Å². The van der Waals surface area contributed by atoms with E-state index in [2.05, 4.69) is 33.5 Å². The van der Waals surface area contributed by atoms with Gasteiger partial charge in [0, 0.05) is 28.3 Å². The largest absolute Gasteiger partial charge is 0.334 e. The predicted octanol–water partition coefficient (Wildman–Crippen LogP) is 5.36. The minimum Gasteiger partial charge on any atom is -0.334 e. The van der Waals surface area contributed by atoms with Crippen molar-refractivity contribution in [3.63, 3.8) is 0 Å². The molecule has 30 heavy (non-hydrogen) atoms. The van der Waals surface area contributed by atoms with Crippen LogP contribution in [-0.2, 0) is 13.0 Å². The number of benzene rings is 3. The van der Waals surface area contributed by atoms with E-state index < -0.39 is 0 Å². The molecule has 0 saturated carbocycles. The lowest BCUT2D eigenvalue weighted by Gasteiger charge is -2.23. The van der Waals surface area contributed by atoms with Crippen molar-refractivity contribution in [2.75, 3.05) is 10.2 Å². The SMILES string of the molecule is C[C@H]1Cc2ccc(CNC(=O)Nc3ccccc3Br)cc2N1C(=O)c1ccccc1. The Balaban J connectivity index is 1.47. The Morgan fingerprint density at radius 3 is 2.53 bits per heavy atom. The molecule has 1 atom stereocenters. The van der Waals surface area contributed by atoms with Crippen LogP contribution in [0.1, 0.15) is 28.4 Å². The van der Waals surface area contributed by atoms with E-state index in [0.29, 0.717) is 17.8 Å². The molecular formula is C24H22BrN3O2. The summed E-state index contributed by atoms with van der Waals surface area (Å²) in [5.41, 5.74) is 4.39. The molecule has 2 N–H and O–H groups in total. The van der Waals surface area contributed by atoms with Gasteiger partial charge in [0.15, 0.2) is 0 Å². The average molecular weight is 464 g/mol. The normalized spacial score (nSPS) is 14.9. The zero-order chi connectivity index (χ0) is 21.1. The number of hydrogen-bond acceptors (Lipinski definition) is 2. The number of amides is 3. The fourth-order valence-corrected chi connectivity index (χ4v) is 4.09. The lowest BCUT2D eigenvalue weighted by Crippen LogP contribution is -2.35. The van der Waals surface area contributed by atoms with Gasteiger partial charge in [-0.2, -0.15) is 0 Å². The van der Waals surface area contributed by atoms with E-state index in [1.165, 1.54) is 0 Å². The lowest BCUT2D eigenvalue weighted by molar-refractivity contribution is 0.0981. The molecule has 3 aromatic carbocycles. The van der Waals surface area contributed by atoms with Crippen molar-refractivity contribution < 1.29 is 9.59 Å². The number of fused-ring (bicyclic) bond motifs is 1. The first-order chi connectivity index (χ1) is 14.5. The highest BCUT2D eigenvalue weighted by molar-refractivity contribution is 9.10. The second-order valence-corrected chi connectivity index (χ2v) is 8.20. The van der Waals surface area contributed by atoms with Crippen molar-refractivity contribution in [1.29, 1.82) is 0 Å². The molecule has 0 aliphatic carbocycles. The highest BCUT2D eigenvalue weighted by Crippen LogP contribution is 2.34. The van der Waals surface area contributed by atoms with E-state index >= 15 is 0 Å². The number of hydrogen-bond donors (Lipinski definition) is 2. The minimum absolute atomic E-state index is 0.00127. The van der Waals surface area contributed by atoms with Crippen LogP contribution in [0.2, 0.25) is 0 Å². The summed E-state index contributed by atoms with van der Waals surface area (Å²) in [5, 5.41) is 5.71. The van der Waals surface area contributed by atoms with Crippen molar-refractivity contribution in [1.82, 2.24) is 5.32 Å². The van der Waals surface area contributed by atoms with Gasteiger partial charge in [0.05, 0.1) is 5.69 Å². The number of nitrogens with one attached hydrogen (secondary N) is 2. The summed E-state index contributed by atoms with van der Waals surface area (Å²) in [7, 11) is 0. The van der Waals surface area contributed by atoms with Crippen LogP contribution in [0, 0.1) is 0 Å². The first-order valence-corrected chi connectivity index (χ1v) is 10.6. The quantitative estimate of drug-likeness (QED) is 0.546. The summed E-state index contributed by atoms with van der Waals surface area (Å²) >= 11 is 3.42. The molecule has 0 unspecified atom stereocenters. The van der Waals surface area contributed by atoms with Gasteiger partial charge in [-0.3, -0.25) is 4.79 Å². The molecule has 3 aromatic rings. The molecule has 1 aliphatic rings. The third-order valence-electron chi connectivity index (χ3n) is 5.18. The standard InChI is InChI=1S/C24H22BrN3O2/c1-16-13-19-12-11-17(15-26-24(30)27-21-10-6-5-9-20(21)25)14-22(19)28(16)23(29)18-7-3-2-4-8-18/h2-12,14,16H,13,15H2,1H3,(H2,26,27,30)/t16-/m0/s1. The van der Waals surface area contributed by atoms with Crippen molar-refractivity contribution in [2.24, 2.45) is 0 Å². The van der Waals surface area contributed by atoms with E-state index in [0.717, 1.165) is 27.7 Å². The summed E-state index contributed by atoms with van der Waals surface area (Å²) in [5.74, 6) is -0.00127. The highest BCUT2D eigenvalue weighted by atomic mass is 79.9. The van der Waals surface area contributed by atoms with Gasteiger partial charge in [-0.1, -0.05) is 42.5 Å². The van der Waals surface area contributed by atoms with E-state index in [4.69, 9.17) is 0 Å². The zero-order valence-electron chi connectivity index (χ0n) is 16.6. The second-order valence-electron chi connectivity index (χ2n) is 7.34. The summed E-state index contributed by atoms with van der Waals surface area (Å²) in [6, 6.07) is 22.6. The molecule has 0 saturated heterocycles. The zero-order valence-corrected chi connectivity index (χ0v) is 18.1. The van der Waals surface area contributed by atoms with Crippen molar-refractivity contribution in [2.45, 2.75) is 25.9 Å². The number of rotatable bonds is 4. The van der Waals surface area contributed by atoms with Gasteiger partial charge in [0.25, 0.3) is 5.91 Å². The fraction of sp³-hybridized carbons (Fsp3) is 0.167. The Hall–Kier alpha value is -3.12. The number of urea groups is 1. The molecule has 1 aliphatic heterocycles. The number of halogens is 1. The molecule has 1 heterocycles. The molecule has 6 heteroatoms. The van der Waals surface area contributed by atoms with Crippen LogP contribution in [0.4, 0.5) is 16.2 Å². The molecule has 0 spiro atoms. The van der Waals surface area contributed by atoms with Crippen LogP contribution in [0.3, 0.4) is 0 Å². The van der Waals surface area contributed by atoms with Crippen LogP contribution >= 0.6 is 15.9 Å². The van der Waals surface area contributed by atoms with E-state index in [-0.39, 0.29) is 18.0 Å².